The van der Waals surface area contributed by atoms with Crippen LogP contribution >= 0.6 is 0 Å². The average Bonchev–Trinajstić information content (AvgIpc) is 1.58. The van der Waals surface area contributed by atoms with E-state index in [4.69, 9.17) is 9.47 Å². The lowest BCUT2D eigenvalue weighted by Gasteiger charge is -2.40. The third-order valence-corrected chi connectivity index (χ3v) is 18.2. The van der Waals surface area contributed by atoms with Gasteiger partial charge in [-0.2, -0.15) is 0 Å². The van der Waals surface area contributed by atoms with Crippen LogP contribution in [0, 0.1) is 0 Å². The van der Waals surface area contributed by atoms with Crippen LogP contribution in [0.4, 0.5) is 0 Å². The van der Waals surface area contributed by atoms with Crippen molar-refractivity contribution < 1.29 is 39.8 Å². The standard InChI is InChI=1S/C82H147NO8/c1-3-5-7-9-11-13-15-17-19-21-23-25-27-29-31-32-33-34-35-36-37-38-39-40-41-42-43-44-46-48-50-52-54-56-58-60-62-64-66-68-70-72-78(86)83-75(74-90-82-81(89)80(88)79(87)77(73-84)91-82)76(85)71-69-67-65-63-61-59-57-55-53-51-49-47-45-30-28-26-24-22-20-18-16-14-12-10-8-6-4-2/h5,7,11,13,17,19,23,25,29,31,33-34,36-37,39-40,75-77,79-82,84-85,87-89H,3-4,6,8-10,12,14-16,18,20-22,24,26-28,30,32,35,38,41-74H2,1-2H3,(H,83,86)/b7-5-,13-11-,19-17-,25-23-,31-29-,34-33-,37-36-,40-39-. The number of allylic oxidation sites excluding steroid dienone is 16. The molecule has 0 saturated carbocycles. The largest absolute Gasteiger partial charge is 0.394 e. The fourth-order valence-corrected chi connectivity index (χ4v) is 12.2. The van der Waals surface area contributed by atoms with Gasteiger partial charge in [0.2, 0.25) is 5.91 Å². The molecule has 0 bridgehead atoms. The maximum absolute atomic E-state index is 13.2. The fourth-order valence-electron chi connectivity index (χ4n) is 12.2. The summed E-state index contributed by atoms with van der Waals surface area (Å²) in [6, 6.07) is -0.725. The van der Waals surface area contributed by atoms with Gasteiger partial charge in [-0.1, -0.05) is 374 Å². The first kappa shape index (κ1) is 86.1. The van der Waals surface area contributed by atoms with Crippen molar-refractivity contribution in [2.75, 3.05) is 13.2 Å². The van der Waals surface area contributed by atoms with E-state index in [0.717, 1.165) is 89.9 Å². The molecule has 0 aliphatic carbocycles. The molecule has 7 atom stereocenters. The van der Waals surface area contributed by atoms with Crippen LogP contribution in [0.2, 0.25) is 0 Å². The minimum absolute atomic E-state index is 0.138. The zero-order valence-corrected chi connectivity index (χ0v) is 59.3. The van der Waals surface area contributed by atoms with Crippen LogP contribution in [0.1, 0.15) is 361 Å². The molecule has 1 saturated heterocycles. The lowest BCUT2D eigenvalue weighted by atomic mass is 9.99. The molecular weight excluding hydrogens is 1130 g/mol. The van der Waals surface area contributed by atoms with E-state index >= 15 is 0 Å². The highest BCUT2D eigenvalue weighted by Gasteiger charge is 2.44. The molecular formula is C82H147NO8. The molecule has 9 heteroatoms. The third kappa shape index (κ3) is 58.2. The second kappa shape index (κ2) is 69.9. The molecule has 7 unspecified atom stereocenters. The number of aliphatic hydroxyl groups is 5. The molecule has 91 heavy (non-hydrogen) atoms. The maximum Gasteiger partial charge on any atom is 0.220 e. The molecule has 1 heterocycles. The highest BCUT2D eigenvalue weighted by molar-refractivity contribution is 5.76. The van der Waals surface area contributed by atoms with Gasteiger partial charge in [0.05, 0.1) is 25.4 Å². The Bertz CT molecular complexity index is 1770. The van der Waals surface area contributed by atoms with Crippen molar-refractivity contribution in [1.29, 1.82) is 0 Å². The summed E-state index contributed by atoms with van der Waals surface area (Å²) >= 11 is 0. The SMILES string of the molecule is CC/C=C\C/C=C\C/C=C\C/C=C\C/C=C\C/C=C\C/C=C\C/C=C\CCCCCCCCCCCCCCCCCCC(=O)NC(COC1OC(CO)C(O)C(O)C1O)C(O)CCCCCCCCCCCCCCCCCCCCCCCCCCCCC. The Kier molecular flexibility index (Phi) is 66.2. The van der Waals surface area contributed by atoms with Gasteiger partial charge in [-0.25, -0.2) is 0 Å². The molecule has 1 rings (SSSR count). The molecule has 0 radical (unpaired) electrons. The van der Waals surface area contributed by atoms with Crippen molar-refractivity contribution in [2.45, 2.75) is 403 Å². The number of carbonyl (C=O) groups excluding carboxylic acids is 1. The number of carbonyl (C=O) groups is 1. The first-order valence-electron chi connectivity index (χ1n) is 38.9. The van der Waals surface area contributed by atoms with Crippen LogP contribution in [-0.4, -0.2) is 87.5 Å². The van der Waals surface area contributed by atoms with Gasteiger partial charge in [-0.15, -0.1) is 0 Å². The van der Waals surface area contributed by atoms with Crippen molar-refractivity contribution in [3.05, 3.63) is 97.2 Å². The fraction of sp³-hybridized carbons (Fsp3) is 0.793. The van der Waals surface area contributed by atoms with E-state index in [2.05, 4.69) is 116 Å². The van der Waals surface area contributed by atoms with Crippen LogP contribution in [-0.2, 0) is 14.3 Å². The molecule has 0 spiro atoms. The number of amides is 1. The van der Waals surface area contributed by atoms with E-state index < -0.39 is 49.5 Å². The Balaban J connectivity index is 2.07. The zero-order chi connectivity index (χ0) is 65.7. The topological polar surface area (TPSA) is 149 Å². The normalized spacial score (nSPS) is 18.3. The summed E-state index contributed by atoms with van der Waals surface area (Å²) < 4.78 is 11.4. The predicted molar refractivity (Wildman–Crippen MR) is 391 cm³/mol. The predicted octanol–water partition coefficient (Wildman–Crippen LogP) is 22.2. The lowest BCUT2D eigenvalue weighted by molar-refractivity contribution is -0.302. The van der Waals surface area contributed by atoms with Gasteiger partial charge in [0, 0.05) is 6.42 Å². The van der Waals surface area contributed by atoms with E-state index in [1.54, 1.807) is 0 Å². The molecule has 528 valence electrons. The molecule has 6 N–H and O–H groups in total. The Hall–Kier alpha value is -2.89. The maximum atomic E-state index is 13.2. The Morgan fingerprint density at radius 1 is 0.385 bits per heavy atom. The van der Waals surface area contributed by atoms with Crippen LogP contribution < -0.4 is 5.32 Å². The molecule has 1 fully saturated rings. The van der Waals surface area contributed by atoms with E-state index in [1.165, 1.54) is 244 Å². The number of ether oxygens (including phenoxy) is 2. The van der Waals surface area contributed by atoms with Crippen molar-refractivity contribution in [1.82, 2.24) is 5.32 Å². The monoisotopic (exact) mass is 1270 g/mol. The molecule has 0 aromatic carbocycles. The third-order valence-electron chi connectivity index (χ3n) is 18.2. The molecule has 0 aromatic rings. The number of rotatable bonds is 68. The van der Waals surface area contributed by atoms with Gasteiger partial charge in [0.15, 0.2) is 6.29 Å². The van der Waals surface area contributed by atoms with Crippen molar-refractivity contribution in [3.63, 3.8) is 0 Å². The summed E-state index contributed by atoms with van der Waals surface area (Å²) in [5, 5.41) is 55.1. The summed E-state index contributed by atoms with van der Waals surface area (Å²) in [6.45, 7) is 3.77. The molecule has 1 aliphatic heterocycles. The quantitative estimate of drug-likeness (QED) is 0.0261. The number of unbranched alkanes of at least 4 members (excludes halogenated alkanes) is 42. The lowest BCUT2D eigenvalue weighted by Crippen LogP contribution is -2.60. The summed E-state index contributed by atoms with van der Waals surface area (Å²) in [5.41, 5.74) is 0. The first-order valence-corrected chi connectivity index (χ1v) is 38.9. The Morgan fingerprint density at radius 3 is 1.01 bits per heavy atom. The summed E-state index contributed by atoms with van der Waals surface area (Å²) in [4.78, 5) is 13.2. The van der Waals surface area contributed by atoms with Gasteiger partial charge in [-0.3, -0.25) is 4.79 Å². The van der Waals surface area contributed by atoms with E-state index in [0.29, 0.717) is 12.8 Å². The second-order valence-corrected chi connectivity index (χ2v) is 26.8. The summed E-state index contributed by atoms with van der Waals surface area (Å²) in [5.74, 6) is -0.141. The Labute approximate surface area is 562 Å². The first-order chi connectivity index (χ1) is 44.8. The molecule has 9 nitrogen and oxygen atoms in total. The molecule has 0 aromatic heterocycles. The number of aliphatic hydroxyl groups excluding tert-OH is 5. The zero-order valence-electron chi connectivity index (χ0n) is 59.3. The second-order valence-electron chi connectivity index (χ2n) is 26.8. The highest BCUT2D eigenvalue weighted by atomic mass is 16.7. The number of hydrogen-bond acceptors (Lipinski definition) is 8. The van der Waals surface area contributed by atoms with Crippen LogP contribution in [0.5, 0.6) is 0 Å². The minimum Gasteiger partial charge on any atom is -0.394 e. The van der Waals surface area contributed by atoms with Crippen molar-refractivity contribution in [2.24, 2.45) is 0 Å². The summed E-state index contributed by atoms with van der Waals surface area (Å²) in [6.07, 6.45) is 95.0. The van der Waals surface area contributed by atoms with Crippen LogP contribution in [0.3, 0.4) is 0 Å². The van der Waals surface area contributed by atoms with E-state index in [-0.39, 0.29) is 12.5 Å². The average molecular weight is 1280 g/mol. The van der Waals surface area contributed by atoms with Gasteiger partial charge in [0.1, 0.15) is 24.4 Å². The van der Waals surface area contributed by atoms with Crippen LogP contribution in [0.15, 0.2) is 97.2 Å². The molecule has 1 amide bonds. The van der Waals surface area contributed by atoms with E-state index in [9.17, 15) is 30.3 Å². The van der Waals surface area contributed by atoms with Crippen LogP contribution in [0.25, 0.3) is 0 Å². The smallest absolute Gasteiger partial charge is 0.220 e. The number of nitrogens with one attached hydrogen (secondary N) is 1. The minimum atomic E-state index is -1.56. The molecule has 1 aliphatic rings. The van der Waals surface area contributed by atoms with Crippen molar-refractivity contribution >= 4 is 5.91 Å². The van der Waals surface area contributed by atoms with E-state index in [1.807, 2.05) is 0 Å². The summed E-state index contributed by atoms with van der Waals surface area (Å²) in [7, 11) is 0. The highest BCUT2D eigenvalue weighted by Crippen LogP contribution is 2.24. The Morgan fingerprint density at radius 2 is 0.681 bits per heavy atom. The van der Waals surface area contributed by atoms with Gasteiger partial charge >= 0.3 is 0 Å². The van der Waals surface area contributed by atoms with Gasteiger partial charge < -0.3 is 40.3 Å². The van der Waals surface area contributed by atoms with Gasteiger partial charge in [-0.05, 0) is 77.0 Å². The number of hydrogen-bond donors (Lipinski definition) is 6. The van der Waals surface area contributed by atoms with Gasteiger partial charge in [0.25, 0.3) is 0 Å². The van der Waals surface area contributed by atoms with Crippen molar-refractivity contribution in [3.8, 4) is 0 Å².